The summed E-state index contributed by atoms with van der Waals surface area (Å²) in [6.07, 6.45) is 0. The van der Waals surface area contributed by atoms with Gasteiger partial charge in [0.1, 0.15) is 0 Å². The van der Waals surface area contributed by atoms with Gasteiger partial charge < -0.3 is 4.90 Å². The van der Waals surface area contributed by atoms with Gasteiger partial charge in [-0.2, -0.15) is 0 Å². The molecule has 0 fully saturated rings. The standard InChI is InChI=1S/C55H41N/c1-55(2)51-29-16-28-47(40-19-8-4-9-20-40)54(51)50-36-48(41-21-10-5-11-22-41)49(37-52(50)55)42-31-33-44(34-32-42)56(53-30-15-24-39-23-12-13-27-46(39)53)45-26-14-25-43(35-45)38-17-6-3-7-18-38/h3-37H,1-2H3. The van der Waals surface area contributed by atoms with E-state index in [1.165, 1.54) is 77.5 Å². The van der Waals surface area contributed by atoms with E-state index in [9.17, 15) is 0 Å². The van der Waals surface area contributed by atoms with Crippen molar-refractivity contribution in [3.8, 4) is 55.6 Å². The lowest BCUT2D eigenvalue weighted by molar-refractivity contribution is 0.661. The molecule has 0 amide bonds. The second-order valence-corrected chi connectivity index (χ2v) is 15.3. The predicted molar refractivity (Wildman–Crippen MR) is 238 cm³/mol. The fraction of sp³-hybridized carbons (Fsp3) is 0.0545. The number of benzene rings is 9. The molecule has 0 saturated carbocycles. The minimum atomic E-state index is -0.158. The van der Waals surface area contributed by atoms with Crippen LogP contribution in [0.4, 0.5) is 17.1 Å². The van der Waals surface area contributed by atoms with Gasteiger partial charge in [-0.05, 0) is 115 Å². The van der Waals surface area contributed by atoms with Gasteiger partial charge in [0.15, 0.2) is 0 Å². The van der Waals surface area contributed by atoms with E-state index in [-0.39, 0.29) is 5.41 Å². The smallest absolute Gasteiger partial charge is 0.0540 e. The molecule has 9 aromatic rings. The van der Waals surface area contributed by atoms with E-state index in [1.807, 2.05) is 0 Å². The lowest BCUT2D eigenvalue weighted by atomic mass is 9.80. The van der Waals surface area contributed by atoms with Crippen molar-refractivity contribution in [2.75, 3.05) is 4.90 Å². The summed E-state index contributed by atoms with van der Waals surface area (Å²) in [6.45, 7) is 4.76. The molecule has 0 aliphatic heterocycles. The molecule has 0 spiro atoms. The van der Waals surface area contributed by atoms with Crippen LogP contribution in [-0.2, 0) is 5.41 Å². The van der Waals surface area contributed by atoms with Crippen LogP contribution < -0.4 is 4.90 Å². The van der Waals surface area contributed by atoms with E-state index < -0.39 is 0 Å². The minimum Gasteiger partial charge on any atom is -0.310 e. The average Bonchev–Trinajstić information content (AvgIpc) is 3.50. The highest BCUT2D eigenvalue weighted by molar-refractivity contribution is 6.00. The quantitative estimate of drug-likeness (QED) is 0.159. The number of anilines is 3. The lowest BCUT2D eigenvalue weighted by Crippen LogP contribution is -2.15. The van der Waals surface area contributed by atoms with Crippen molar-refractivity contribution in [2.24, 2.45) is 0 Å². The van der Waals surface area contributed by atoms with Crippen LogP contribution in [0, 0.1) is 0 Å². The molecular weight excluding hydrogens is 675 g/mol. The largest absolute Gasteiger partial charge is 0.310 e. The maximum absolute atomic E-state index is 2.48. The summed E-state index contributed by atoms with van der Waals surface area (Å²) in [5.41, 5.74) is 18.5. The summed E-state index contributed by atoms with van der Waals surface area (Å²) in [6, 6.07) is 77.5. The van der Waals surface area contributed by atoms with Crippen LogP contribution in [0.1, 0.15) is 25.0 Å². The Morgan fingerprint density at radius 1 is 0.339 bits per heavy atom. The molecular formula is C55H41N. The van der Waals surface area contributed by atoms with Gasteiger partial charge in [0.25, 0.3) is 0 Å². The molecule has 0 heterocycles. The van der Waals surface area contributed by atoms with Crippen LogP contribution in [0.5, 0.6) is 0 Å². The normalized spacial score (nSPS) is 12.6. The zero-order valence-electron chi connectivity index (χ0n) is 31.7. The van der Waals surface area contributed by atoms with Gasteiger partial charge in [0.2, 0.25) is 0 Å². The van der Waals surface area contributed by atoms with Gasteiger partial charge in [-0.3, -0.25) is 0 Å². The van der Waals surface area contributed by atoms with Crippen LogP contribution >= 0.6 is 0 Å². The maximum Gasteiger partial charge on any atom is 0.0540 e. The summed E-state index contributed by atoms with van der Waals surface area (Å²) in [7, 11) is 0. The average molecular weight is 716 g/mol. The van der Waals surface area contributed by atoms with Gasteiger partial charge in [-0.1, -0.05) is 184 Å². The molecule has 0 N–H and O–H groups in total. The van der Waals surface area contributed by atoms with Crippen molar-refractivity contribution in [3.63, 3.8) is 0 Å². The Labute approximate surface area is 329 Å². The van der Waals surface area contributed by atoms with Gasteiger partial charge in [0.05, 0.1) is 5.69 Å². The Kier molecular flexibility index (Phi) is 8.23. The number of hydrogen-bond acceptors (Lipinski definition) is 1. The molecule has 1 nitrogen and oxygen atoms in total. The minimum absolute atomic E-state index is 0.158. The van der Waals surface area contributed by atoms with E-state index in [0.717, 1.165) is 17.1 Å². The SMILES string of the molecule is CC1(C)c2cc(-c3ccc(N(c4cccc(-c5ccccc5)c4)c4cccc5ccccc45)cc3)c(-c3ccccc3)cc2-c2c(-c3ccccc3)cccc21. The van der Waals surface area contributed by atoms with Crippen LogP contribution in [0.15, 0.2) is 212 Å². The molecule has 10 rings (SSSR count). The Morgan fingerprint density at radius 2 is 0.893 bits per heavy atom. The van der Waals surface area contributed by atoms with Crippen molar-refractivity contribution >= 4 is 27.8 Å². The third-order valence-corrected chi connectivity index (χ3v) is 11.7. The van der Waals surface area contributed by atoms with Crippen molar-refractivity contribution in [1.29, 1.82) is 0 Å². The Bertz CT molecular complexity index is 2850. The van der Waals surface area contributed by atoms with Crippen molar-refractivity contribution in [1.82, 2.24) is 0 Å². The highest BCUT2D eigenvalue weighted by Crippen LogP contribution is 2.55. The monoisotopic (exact) mass is 715 g/mol. The third-order valence-electron chi connectivity index (χ3n) is 11.7. The molecule has 0 aromatic heterocycles. The second-order valence-electron chi connectivity index (χ2n) is 15.3. The van der Waals surface area contributed by atoms with E-state index in [1.54, 1.807) is 0 Å². The summed E-state index contributed by atoms with van der Waals surface area (Å²) < 4.78 is 0. The first-order chi connectivity index (χ1) is 27.5. The van der Waals surface area contributed by atoms with Crippen LogP contribution in [0.25, 0.3) is 66.4 Å². The van der Waals surface area contributed by atoms with Gasteiger partial charge in [-0.25, -0.2) is 0 Å². The van der Waals surface area contributed by atoms with E-state index in [0.29, 0.717) is 0 Å². The molecule has 1 aliphatic carbocycles. The first-order valence-corrected chi connectivity index (χ1v) is 19.5. The second kappa shape index (κ2) is 13.7. The number of fused-ring (bicyclic) bond motifs is 4. The molecule has 9 aromatic carbocycles. The topological polar surface area (TPSA) is 3.24 Å². The Hall–Kier alpha value is -6.96. The summed E-state index contributed by atoms with van der Waals surface area (Å²) in [5.74, 6) is 0. The molecule has 266 valence electrons. The molecule has 56 heavy (non-hydrogen) atoms. The summed E-state index contributed by atoms with van der Waals surface area (Å²) in [4.78, 5) is 2.41. The third kappa shape index (κ3) is 5.72. The molecule has 0 saturated heterocycles. The maximum atomic E-state index is 2.48. The zero-order chi connectivity index (χ0) is 37.6. The van der Waals surface area contributed by atoms with Gasteiger partial charge in [0, 0.05) is 22.2 Å². The summed E-state index contributed by atoms with van der Waals surface area (Å²) in [5, 5.41) is 2.43. The number of rotatable bonds is 7. The molecule has 0 atom stereocenters. The molecule has 0 bridgehead atoms. The van der Waals surface area contributed by atoms with Crippen LogP contribution in [-0.4, -0.2) is 0 Å². The van der Waals surface area contributed by atoms with Gasteiger partial charge >= 0.3 is 0 Å². The Morgan fingerprint density at radius 3 is 1.62 bits per heavy atom. The van der Waals surface area contributed by atoms with E-state index in [4.69, 9.17) is 0 Å². The highest BCUT2D eigenvalue weighted by atomic mass is 15.1. The number of hydrogen-bond donors (Lipinski definition) is 0. The van der Waals surface area contributed by atoms with Crippen LogP contribution in [0.3, 0.4) is 0 Å². The zero-order valence-corrected chi connectivity index (χ0v) is 31.7. The van der Waals surface area contributed by atoms with Crippen molar-refractivity contribution in [3.05, 3.63) is 223 Å². The van der Waals surface area contributed by atoms with Crippen LogP contribution in [0.2, 0.25) is 0 Å². The molecule has 0 unspecified atom stereocenters. The Balaban J connectivity index is 1.14. The molecule has 0 radical (unpaired) electrons. The molecule has 1 heteroatoms. The summed E-state index contributed by atoms with van der Waals surface area (Å²) >= 11 is 0. The highest BCUT2D eigenvalue weighted by Gasteiger charge is 2.38. The van der Waals surface area contributed by atoms with E-state index in [2.05, 4.69) is 231 Å². The van der Waals surface area contributed by atoms with Crippen molar-refractivity contribution < 1.29 is 0 Å². The fourth-order valence-electron chi connectivity index (χ4n) is 8.86. The van der Waals surface area contributed by atoms with E-state index >= 15 is 0 Å². The first kappa shape index (κ1) is 33.6. The van der Waals surface area contributed by atoms with Crippen molar-refractivity contribution in [2.45, 2.75) is 19.3 Å². The number of nitrogens with zero attached hydrogens (tertiary/aromatic N) is 1. The molecule has 1 aliphatic rings. The first-order valence-electron chi connectivity index (χ1n) is 19.5. The van der Waals surface area contributed by atoms with Gasteiger partial charge in [-0.15, -0.1) is 0 Å². The predicted octanol–water partition coefficient (Wildman–Crippen LogP) is 15.3. The fourth-order valence-corrected chi connectivity index (χ4v) is 8.86. The lowest BCUT2D eigenvalue weighted by Gasteiger charge is -2.28.